The number of nitrogens with zero attached hydrogens (tertiary/aromatic N) is 4. The molecule has 1 aliphatic rings. The third kappa shape index (κ3) is 4.90. The number of piperidine rings is 1. The zero-order valence-electron chi connectivity index (χ0n) is 17.2. The van der Waals surface area contributed by atoms with Gasteiger partial charge < -0.3 is 10.6 Å². The Bertz CT molecular complexity index is 767. The molecule has 2 N–H and O–H groups in total. The smallest absolute Gasteiger partial charge is 0.319 e. The van der Waals surface area contributed by atoms with Crippen molar-refractivity contribution < 1.29 is 4.79 Å². The molecule has 0 aliphatic carbocycles. The summed E-state index contributed by atoms with van der Waals surface area (Å²) in [6.07, 6.45) is 8.40. The van der Waals surface area contributed by atoms with Crippen LogP contribution in [0.25, 0.3) is 0 Å². The molecule has 0 unspecified atom stereocenters. The van der Waals surface area contributed by atoms with Gasteiger partial charge in [-0.25, -0.2) is 4.79 Å². The molecule has 1 atom stereocenters. The van der Waals surface area contributed by atoms with Crippen LogP contribution in [0.15, 0.2) is 24.5 Å². The maximum atomic E-state index is 12.6. The molecule has 0 saturated carbocycles. The minimum Gasteiger partial charge on any atom is -0.336 e. The van der Waals surface area contributed by atoms with Crippen molar-refractivity contribution in [3.63, 3.8) is 0 Å². The van der Waals surface area contributed by atoms with E-state index in [0.29, 0.717) is 6.54 Å². The van der Waals surface area contributed by atoms with Crippen LogP contribution in [-0.4, -0.2) is 45.3 Å². The Morgan fingerprint density at radius 3 is 2.71 bits per heavy atom. The average molecular weight is 385 g/mol. The lowest BCUT2D eigenvalue weighted by molar-refractivity contribution is 0.161. The van der Waals surface area contributed by atoms with E-state index in [1.807, 2.05) is 30.8 Å². The molecule has 2 amide bonds. The van der Waals surface area contributed by atoms with E-state index in [-0.39, 0.29) is 12.1 Å². The Kier molecular flexibility index (Phi) is 7.03. The minimum absolute atomic E-state index is 0.143. The van der Waals surface area contributed by atoms with Gasteiger partial charge in [0.05, 0.1) is 23.1 Å². The molecule has 7 nitrogen and oxygen atoms in total. The van der Waals surface area contributed by atoms with Crippen molar-refractivity contribution in [2.75, 3.05) is 25.0 Å². The maximum absolute atomic E-state index is 12.6. The van der Waals surface area contributed by atoms with Gasteiger partial charge in [-0.05, 0) is 57.8 Å². The molecule has 152 valence electrons. The van der Waals surface area contributed by atoms with Crippen LogP contribution in [0.1, 0.15) is 55.6 Å². The Labute approximate surface area is 167 Å². The predicted molar refractivity (Wildman–Crippen MR) is 111 cm³/mol. The van der Waals surface area contributed by atoms with Gasteiger partial charge in [0.25, 0.3) is 0 Å². The summed E-state index contributed by atoms with van der Waals surface area (Å²) in [6.45, 7) is 9.58. The highest BCUT2D eigenvalue weighted by atomic mass is 16.2. The number of aryl methyl sites for hydroxylation is 2. The molecular weight excluding hydrogens is 352 g/mol. The molecule has 0 spiro atoms. The van der Waals surface area contributed by atoms with Gasteiger partial charge in [0.2, 0.25) is 0 Å². The number of hydrogen-bond donors (Lipinski definition) is 2. The number of pyridine rings is 1. The molecule has 0 aromatic carbocycles. The number of urea groups is 1. The first-order chi connectivity index (χ1) is 13.6. The summed E-state index contributed by atoms with van der Waals surface area (Å²) in [6, 6.07) is 4.01. The first-order valence-electron chi connectivity index (χ1n) is 10.3. The molecule has 0 bridgehead atoms. The van der Waals surface area contributed by atoms with Crippen molar-refractivity contribution in [1.29, 1.82) is 0 Å². The van der Waals surface area contributed by atoms with E-state index < -0.39 is 0 Å². The number of carbonyl (C=O) groups is 1. The van der Waals surface area contributed by atoms with E-state index in [4.69, 9.17) is 0 Å². The van der Waals surface area contributed by atoms with E-state index in [2.05, 4.69) is 38.6 Å². The number of anilines is 1. The fourth-order valence-electron chi connectivity index (χ4n) is 3.92. The quantitative estimate of drug-likeness (QED) is 0.764. The van der Waals surface area contributed by atoms with Crippen LogP contribution in [0.5, 0.6) is 0 Å². The Hall–Kier alpha value is -2.41. The SMILES string of the molecule is CCCn1nc(C)c(NC(=O)NC[C@@H](c2cccnc2)N2CCCCC2)c1C. The van der Waals surface area contributed by atoms with E-state index in [9.17, 15) is 4.79 Å². The molecule has 3 rings (SSSR count). The average Bonchev–Trinajstić information content (AvgIpc) is 2.97. The topological polar surface area (TPSA) is 75.1 Å². The van der Waals surface area contributed by atoms with E-state index in [0.717, 1.165) is 48.7 Å². The van der Waals surface area contributed by atoms with Gasteiger partial charge in [0.1, 0.15) is 0 Å². The number of rotatable bonds is 7. The van der Waals surface area contributed by atoms with Gasteiger partial charge in [0, 0.05) is 25.5 Å². The third-order valence-corrected chi connectivity index (χ3v) is 5.41. The lowest BCUT2D eigenvalue weighted by Crippen LogP contribution is -2.41. The van der Waals surface area contributed by atoms with Gasteiger partial charge in [0.15, 0.2) is 0 Å². The second kappa shape index (κ2) is 9.68. The largest absolute Gasteiger partial charge is 0.336 e. The fraction of sp³-hybridized carbons (Fsp3) is 0.571. The van der Waals surface area contributed by atoms with Crippen LogP contribution in [-0.2, 0) is 6.54 Å². The normalized spacial score (nSPS) is 16.0. The highest BCUT2D eigenvalue weighted by molar-refractivity contribution is 5.90. The van der Waals surface area contributed by atoms with Crippen molar-refractivity contribution in [2.45, 2.75) is 59.0 Å². The Morgan fingerprint density at radius 1 is 1.25 bits per heavy atom. The standard InChI is InChI=1S/C21H32N6O/c1-4-11-27-17(3)20(16(2)25-27)24-21(28)23-15-19(18-9-8-10-22-14-18)26-12-6-5-7-13-26/h8-10,14,19H,4-7,11-13,15H2,1-3H3,(H2,23,24,28)/t19-/m0/s1. The molecule has 0 radical (unpaired) electrons. The summed E-state index contributed by atoms with van der Waals surface area (Å²) >= 11 is 0. The lowest BCUT2D eigenvalue weighted by Gasteiger charge is -2.34. The summed E-state index contributed by atoms with van der Waals surface area (Å²) in [5, 5.41) is 10.6. The van der Waals surface area contributed by atoms with Crippen LogP contribution in [0, 0.1) is 13.8 Å². The van der Waals surface area contributed by atoms with E-state index >= 15 is 0 Å². The zero-order valence-corrected chi connectivity index (χ0v) is 17.2. The fourth-order valence-corrected chi connectivity index (χ4v) is 3.92. The number of nitrogens with one attached hydrogen (secondary N) is 2. The number of amides is 2. The molecular formula is C21H32N6O. The van der Waals surface area contributed by atoms with Gasteiger partial charge >= 0.3 is 6.03 Å². The molecule has 7 heteroatoms. The van der Waals surface area contributed by atoms with Crippen LogP contribution < -0.4 is 10.6 Å². The van der Waals surface area contributed by atoms with Crippen molar-refractivity contribution >= 4 is 11.7 Å². The summed E-state index contributed by atoms with van der Waals surface area (Å²) in [5.41, 5.74) is 3.80. The Morgan fingerprint density at radius 2 is 2.04 bits per heavy atom. The zero-order chi connectivity index (χ0) is 19.9. The highest BCUT2D eigenvalue weighted by Crippen LogP contribution is 2.24. The van der Waals surface area contributed by atoms with Crippen LogP contribution in [0.2, 0.25) is 0 Å². The molecule has 1 fully saturated rings. The maximum Gasteiger partial charge on any atom is 0.319 e. The van der Waals surface area contributed by atoms with Crippen molar-refractivity contribution in [3.05, 3.63) is 41.5 Å². The Balaban J connectivity index is 1.65. The first-order valence-corrected chi connectivity index (χ1v) is 10.3. The molecule has 1 aliphatic heterocycles. The van der Waals surface area contributed by atoms with E-state index in [1.54, 1.807) is 6.20 Å². The number of likely N-dealkylation sites (tertiary alicyclic amines) is 1. The molecule has 2 aromatic heterocycles. The lowest BCUT2D eigenvalue weighted by atomic mass is 10.0. The van der Waals surface area contributed by atoms with E-state index in [1.165, 1.54) is 19.3 Å². The number of carbonyl (C=O) groups excluding carboxylic acids is 1. The van der Waals surface area contributed by atoms with Crippen molar-refractivity contribution in [2.24, 2.45) is 0 Å². The summed E-state index contributed by atoms with van der Waals surface area (Å²) in [5.74, 6) is 0. The molecule has 2 aromatic rings. The highest BCUT2D eigenvalue weighted by Gasteiger charge is 2.23. The summed E-state index contributed by atoms with van der Waals surface area (Å²) in [4.78, 5) is 19.3. The summed E-state index contributed by atoms with van der Waals surface area (Å²) < 4.78 is 1.96. The van der Waals surface area contributed by atoms with Gasteiger partial charge in [-0.3, -0.25) is 14.6 Å². The summed E-state index contributed by atoms with van der Waals surface area (Å²) in [7, 11) is 0. The van der Waals surface area contributed by atoms with Crippen LogP contribution in [0.3, 0.4) is 0 Å². The third-order valence-electron chi connectivity index (χ3n) is 5.41. The number of hydrogen-bond acceptors (Lipinski definition) is 4. The van der Waals surface area contributed by atoms with Gasteiger partial charge in [-0.2, -0.15) is 5.10 Å². The first kappa shape index (κ1) is 20.3. The molecule has 1 saturated heterocycles. The second-order valence-corrected chi connectivity index (χ2v) is 7.50. The van der Waals surface area contributed by atoms with Gasteiger partial charge in [-0.15, -0.1) is 0 Å². The predicted octanol–water partition coefficient (Wildman–Crippen LogP) is 3.65. The van der Waals surface area contributed by atoms with Gasteiger partial charge in [-0.1, -0.05) is 19.4 Å². The van der Waals surface area contributed by atoms with Crippen LogP contribution >= 0.6 is 0 Å². The van der Waals surface area contributed by atoms with Crippen molar-refractivity contribution in [3.8, 4) is 0 Å². The van der Waals surface area contributed by atoms with Crippen LogP contribution in [0.4, 0.5) is 10.5 Å². The molecule has 3 heterocycles. The number of aromatic nitrogens is 3. The monoisotopic (exact) mass is 384 g/mol. The second-order valence-electron chi connectivity index (χ2n) is 7.50. The molecule has 28 heavy (non-hydrogen) atoms. The van der Waals surface area contributed by atoms with Crippen molar-refractivity contribution in [1.82, 2.24) is 25.0 Å². The minimum atomic E-state index is -0.187.